The molecule has 0 radical (unpaired) electrons. The van der Waals surface area contributed by atoms with Gasteiger partial charge in [-0.15, -0.1) is 0 Å². The lowest BCUT2D eigenvalue weighted by atomic mass is 9.99. The average molecular weight is 243 g/mol. The quantitative estimate of drug-likeness (QED) is 0.897. The third kappa shape index (κ3) is 2.46. The summed E-state index contributed by atoms with van der Waals surface area (Å²) >= 11 is 0. The van der Waals surface area contributed by atoms with Gasteiger partial charge >= 0.3 is 0 Å². The highest BCUT2D eigenvalue weighted by molar-refractivity contribution is 5.35. The van der Waals surface area contributed by atoms with E-state index in [9.17, 15) is 0 Å². The highest BCUT2D eigenvalue weighted by atomic mass is 15.1. The van der Waals surface area contributed by atoms with E-state index in [1.54, 1.807) is 0 Å². The van der Waals surface area contributed by atoms with Gasteiger partial charge in [-0.05, 0) is 31.4 Å². The van der Waals surface area contributed by atoms with Gasteiger partial charge in [0.2, 0.25) is 0 Å². The molecule has 1 aromatic heterocycles. The Hall–Kier alpha value is -1.61. The van der Waals surface area contributed by atoms with Crippen molar-refractivity contribution in [1.82, 2.24) is 9.55 Å². The van der Waals surface area contributed by atoms with Crippen LogP contribution in [0.15, 0.2) is 30.6 Å². The number of benzene rings is 1. The lowest BCUT2D eigenvalue weighted by molar-refractivity contribution is 0.611. The summed E-state index contributed by atoms with van der Waals surface area (Å²) in [6.45, 7) is 7.32. The van der Waals surface area contributed by atoms with Gasteiger partial charge < -0.3 is 10.3 Å². The van der Waals surface area contributed by atoms with E-state index in [4.69, 9.17) is 5.73 Å². The van der Waals surface area contributed by atoms with E-state index in [0.717, 1.165) is 18.8 Å². The molecule has 0 fully saturated rings. The molecule has 3 heteroatoms. The number of aromatic nitrogens is 2. The third-order valence-electron chi connectivity index (χ3n) is 3.26. The van der Waals surface area contributed by atoms with Crippen molar-refractivity contribution < 1.29 is 0 Å². The molecule has 0 saturated heterocycles. The molecule has 2 aromatic rings. The van der Waals surface area contributed by atoms with Gasteiger partial charge in [-0.1, -0.05) is 30.7 Å². The van der Waals surface area contributed by atoms with Crippen molar-refractivity contribution in [2.24, 2.45) is 5.73 Å². The van der Waals surface area contributed by atoms with Crippen LogP contribution in [0.2, 0.25) is 0 Å². The molecule has 1 atom stereocenters. The summed E-state index contributed by atoms with van der Waals surface area (Å²) in [4.78, 5) is 4.42. The van der Waals surface area contributed by atoms with Crippen LogP contribution in [-0.4, -0.2) is 9.55 Å². The Morgan fingerprint density at radius 3 is 2.83 bits per heavy atom. The standard InChI is InChI=1S/C15H21N3/c1-4-8-18-9-7-17-15(18)14(16)13-10-11(2)5-6-12(13)3/h5-7,9-10,14H,4,8,16H2,1-3H3. The zero-order chi connectivity index (χ0) is 13.1. The Bertz CT molecular complexity index is 528. The number of hydrogen-bond acceptors (Lipinski definition) is 2. The summed E-state index contributed by atoms with van der Waals surface area (Å²) in [6.07, 6.45) is 4.92. The highest BCUT2D eigenvalue weighted by Gasteiger charge is 2.16. The van der Waals surface area contributed by atoms with Gasteiger partial charge in [-0.3, -0.25) is 0 Å². The molecule has 0 aliphatic rings. The molecular weight excluding hydrogens is 222 g/mol. The molecule has 0 bridgehead atoms. The summed E-state index contributed by atoms with van der Waals surface area (Å²) < 4.78 is 2.15. The van der Waals surface area contributed by atoms with E-state index in [0.29, 0.717) is 0 Å². The van der Waals surface area contributed by atoms with Gasteiger partial charge in [0.15, 0.2) is 0 Å². The number of aryl methyl sites for hydroxylation is 3. The second kappa shape index (κ2) is 5.36. The van der Waals surface area contributed by atoms with Crippen molar-refractivity contribution in [2.75, 3.05) is 0 Å². The predicted molar refractivity (Wildman–Crippen MR) is 74.5 cm³/mol. The van der Waals surface area contributed by atoms with Crippen molar-refractivity contribution in [2.45, 2.75) is 39.8 Å². The Labute approximate surface area is 109 Å². The lowest BCUT2D eigenvalue weighted by Crippen LogP contribution is -2.19. The Morgan fingerprint density at radius 2 is 2.11 bits per heavy atom. The van der Waals surface area contributed by atoms with Crippen LogP contribution in [-0.2, 0) is 6.54 Å². The minimum absolute atomic E-state index is 0.147. The van der Waals surface area contributed by atoms with E-state index in [-0.39, 0.29) is 6.04 Å². The van der Waals surface area contributed by atoms with Crippen LogP contribution >= 0.6 is 0 Å². The van der Waals surface area contributed by atoms with Gasteiger partial charge in [-0.2, -0.15) is 0 Å². The number of rotatable bonds is 4. The molecule has 0 saturated carbocycles. The molecular formula is C15H21N3. The maximum Gasteiger partial charge on any atom is 0.130 e. The Balaban J connectivity index is 2.38. The average Bonchev–Trinajstić information content (AvgIpc) is 2.80. The number of nitrogens with two attached hydrogens (primary N) is 1. The molecule has 1 aromatic carbocycles. The fourth-order valence-corrected chi connectivity index (χ4v) is 2.26. The van der Waals surface area contributed by atoms with Crippen LogP contribution in [0.3, 0.4) is 0 Å². The van der Waals surface area contributed by atoms with E-state index >= 15 is 0 Å². The van der Waals surface area contributed by atoms with Crippen molar-refractivity contribution in [3.63, 3.8) is 0 Å². The van der Waals surface area contributed by atoms with Crippen molar-refractivity contribution >= 4 is 0 Å². The first-order valence-corrected chi connectivity index (χ1v) is 6.47. The van der Waals surface area contributed by atoms with Crippen LogP contribution in [0.4, 0.5) is 0 Å². The van der Waals surface area contributed by atoms with Crippen LogP contribution in [0.1, 0.15) is 41.9 Å². The van der Waals surface area contributed by atoms with E-state index < -0.39 is 0 Å². The maximum absolute atomic E-state index is 6.38. The summed E-state index contributed by atoms with van der Waals surface area (Å²) in [5.74, 6) is 0.950. The van der Waals surface area contributed by atoms with Crippen molar-refractivity contribution in [3.05, 3.63) is 53.1 Å². The van der Waals surface area contributed by atoms with Crippen molar-refractivity contribution in [3.8, 4) is 0 Å². The minimum atomic E-state index is -0.147. The second-order valence-electron chi connectivity index (χ2n) is 4.82. The molecule has 0 amide bonds. The first kappa shape index (κ1) is 12.8. The van der Waals surface area contributed by atoms with Crippen LogP contribution < -0.4 is 5.73 Å². The summed E-state index contributed by atoms with van der Waals surface area (Å²) in [5, 5.41) is 0. The molecule has 18 heavy (non-hydrogen) atoms. The highest BCUT2D eigenvalue weighted by Crippen LogP contribution is 2.22. The first-order chi connectivity index (χ1) is 8.63. The SMILES string of the molecule is CCCn1ccnc1C(N)c1cc(C)ccc1C. The van der Waals surface area contributed by atoms with Crippen LogP contribution in [0.25, 0.3) is 0 Å². The summed E-state index contributed by atoms with van der Waals surface area (Å²) in [7, 11) is 0. The number of hydrogen-bond donors (Lipinski definition) is 1. The normalized spacial score (nSPS) is 12.7. The zero-order valence-corrected chi connectivity index (χ0v) is 11.4. The van der Waals surface area contributed by atoms with Crippen molar-refractivity contribution in [1.29, 1.82) is 0 Å². The predicted octanol–water partition coefficient (Wildman–Crippen LogP) is 2.96. The molecule has 2 N–H and O–H groups in total. The fraction of sp³-hybridized carbons (Fsp3) is 0.400. The molecule has 1 unspecified atom stereocenters. The van der Waals surface area contributed by atoms with E-state index in [1.165, 1.54) is 16.7 Å². The Morgan fingerprint density at radius 1 is 1.33 bits per heavy atom. The van der Waals surface area contributed by atoms with Gasteiger partial charge in [0.1, 0.15) is 5.82 Å². The summed E-state index contributed by atoms with van der Waals surface area (Å²) in [5.41, 5.74) is 10.0. The minimum Gasteiger partial charge on any atom is -0.333 e. The van der Waals surface area contributed by atoms with Gasteiger partial charge in [0, 0.05) is 18.9 Å². The Kier molecular flexibility index (Phi) is 3.82. The van der Waals surface area contributed by atoms with Gasteiger partial charge in [0.05, 0.1) is 6.04 Å². The molecule has 2 rings (SSSR count). The number of imidazole rings is 1. The monoisotopic (exact) mass is 243 g/mol. The molecule has 0 spiro atoms. The van der Waals surface area contributed by atoms with E-state index in [2.05, 4.69) is 48.5 Å². The van der Waals surface area contributed by atoms with Gasteiger partial charge in [-0.25, -0.2) is 4.98 Å². The van der Waals surface area contributed by atoms with Gasteiger partial charge in [0.25, 0.3) is 0 Å². The van der Waals surface area contributed by atoms with Crippen LogP contribution in [0, 0.1) is 13.8 Å². The topological polar surface area (TPSA) is 43.8 Å². The number of nitrogens with zero attached hydrogens (tertiary/aromatic N) is 2. The fourth-order valence-electron chi connectivity index (χ4n) is 2.26. The maximum atomic E-state index is 6.38. The smallest absolute Gasteiger partial charge is 0.130 e. The molecule has 96 valence electrons. The molecule has 1 heterocycles. The molecule has 0 aliphatic carbocycles. The molecule has 0 aliphatic heterocycles. The molecule has 3 nitrogen and oxygen atoms in total. The first-order valence-electron chi connectivity index (χ1n) is 6.47. The largest absolute Gasteiger partial charge is 0.333 e. The summed E-state index contributed by atoms with van der Waals surface area (Å²) in [6, 6.07) is 6.25. The van der Waals surface area contributed by atoms with E-state index in [1.807, 2.05) is 12.4 Å². The second-order valence-corrected chi connectivity index (χ2v) is 4.82. The van der Waals surface area contributed by atoms with Crippen LogP contribution in [0.5, 0.6) is 0 Å². The third-order valence-corrected chi connectivity index (χ3v) is 3.26. The zero-order valence-electron chi connectivity index (χ0n) is 11.4. The lowest BCUT2D eigenvalue weighted by Gasteiger charge is -2.16.